The summed E-state index contributed by atoms with van der Waals surface area (Å²) in [5.74, 6) is -2.21. The fourth-order valence-corrected chi connectivity index (χ4v) is 2.46. The SMILES string of the molecule is NC(=O)C1CCN(C(=O)COC(=O)c2ccc(OCC(F)(F)F)nc2)CC1. The third-order valence-electron chi connectivity index (χ3n) is 3.93. The lowest BCUT2D eigenvalue weighted by Gasteiger charge is -2.30. The Kier molecular flexibility index (Phi) is 6.59. The molecule has 8 nitrogen and oxygen atoms in total. The number of halogens is 3. The molecule has 0 saturated carbocycles. The molecule has 1 aliphatic heterocycles. The van der Waals surface area contributed by atoms with E-state index in [1.807, 2.05) is 0 Å². The normalized spacial score (nSPS) is 15.3. The summed E-state index contributed by atoms with van der Waals surface area (Å²) >= 11 is 0. The number of piperidine rings is 1. The van der Waals surface area contributed by atoms with E-state index in [0.717, 1.165) is 12.3 Å². The Hall–Kier alpha value is -2.85. The Morgan fingerprint density at radius 2 is 1.89 bits per heavy atom. The van der Waals surface area contributed by atoms with Gasteiger partial charge in [0.25, 0.3) is 5.91 Å². The first kappa shape index (κ1) is 20.5. The van der Waals surface area contributed by atoms with Gasteiger partial charge in [-0.05, 0) is 18.9 Å². The maximum absolute atomic E-state index is 12.1. The Morgan fingerprint density at radius 1 is 1.22 bits per heavy atom. The summed E-state index contributed by atoms with van der Waals surface area (Å²) in [5, 5.41) is 0. The van der Waals surface area contributed by atoms with E-state index in [-0.39, 0.29) is 17.4 Å². The fourth-order valence-electron chi connectivity index (χ4n) is 2.46. The number of aromatic nitrogens is 1. The number of carbonyl (C=O) groups excluding carboxylic acids is 3. The van der Waals surface area contributed by atoms with Crippen molar-refractivity contribution in [2.75, 3.05) is 26.3 Å². The number of amides is 2. The molecule has 2 rings (SSSR count). The van der Waals surface area contributed by atoms with Crippen molar-refractivity contribution in [2.24, 2.45) is 11.7 Å². The highest BCUT2D eigenvalue weighted by atomic mass is 19.4. The number of rotatable bonds is 6. The molecule has 148 valence electrons. The molecule has 0 atom stereocenters. The van der Waals surface area contributed by atoms with E-state index in [2.05, 4.69) is 9.72 Å². The van der Waals surface area contributed by atoms with Crippen molar-refractivity contribution in [3.05, 3.63) is 23.9 Å². The Balaban J connectivity index is 1.78. The summed E-state index contributed by atoms with van der Waals surface area (Å²) in [6.07, 6.45) is -2.58. The molecule has 0 bridgehead atoms. The predicted octanol–water partition coefficient (Wildman–Crippen LogP) is 0.903. The van der Waals surface area contributed by atoms with Gasteiger partial charge in [0.05, 0.1) is 5.56 Å². The van der Waals surface area contributed by atoms with Crippen molar-refractivity contribution in [2.45, 2.75) is 19.0 Å². The van der Waals surface area contributed by atoms with Gasteiger partial charge in [-0.1, -0.05) is 0 Å². The second-order valence-electron chi connectivity index (χ2n) is 5.92. The number of hydrogen-bond acceptors (Lipinski definition) is 6. The Morgan fingerprint density at radius 3 is 2.41 bits per heavy atom. The second kappa shape index (κ2) is 8.69. The van der Waals surface area contributed by atoms with Gasteiger partial charge in [0, 0.05) is 31.3 Å². The minimum absolute atomic E-state index is 0.0328. The average Bonchev–Trinajstić information content (AvgIpc) is 2.64. The smallest absolute Gasteiger partial charge is 0.422 e. The zero-order chi connectivity index (χ0) is 20.0. The van der Waals surface area contributed by atoms with Crippen LogP contribution in [0.3, 0.4) is 0 Å². The minimum atomic E-state index is -4.49. The molecule has 1 aromatic heterocycles. The van der Waals surface area contributed by atoms with Gasteiger partial charge in [0.1, 0.15) is 0 Å². The van der Waals surface area contributed by atoms with E-state index in [0.29, 0.717) is 25.9 Å². The van der Waals surface area contributed by atoms with E-state index in [1.54, 1.807) is 0 Å². The van der Waals surface area contributed by atoms with Crippen molar-refractivity contribution in [3.63, 3.8) is 0 Å². The van der Waals surface area contributed by atoms with Crippen LogP contribution in [-0.2, 0) is 14.3 Å². The van der Waals surface area contributed by atoms with Crippen LogP contribution < -0.4 is 10.5 Å². The maximum atomic E-state index is 12.1. The van der Waals surface area contributed by atoms with Crippen molar-refractivity contribution in [1.82, 2.24) is 9.88 Å². The van der Waals surface area contributed by atoms with Crippen LogP contribution >= 0.6 is 0 Å². The summed E-state index contributed by atoms with van der Waals surface area (Å²) in [4.78, 5) is 40.1. The molecule has 2 heterocycles. The van der Waals surface area contributed by atoms with E-state index in [4.69, 9.17) is 10.5 Å². The van der Waals surface area contributed by atoms with Gasteiger partial charge in [-0.3, -0.25) is 9.59 Å². The van der Waals surface area contributed by atoms with Crippen LogP contribution in [0.2, 0.25) is 0 Å². The van der Waals surface area contributed by atoms with Crippen LogP contribution in [0.1, 0.15) is 23.2 Å². The van der Waals surface area contributed by atoms with Gasteiger partial charge in [0.15, 0.2) is 13.2 Å². The predicted molar refractivity (Wildman–Crippen MR) is 84.6 cm³/mol. The quantitative estimate of drug-likeness (QED) is 0.724. The zero-order valence-electron chi connectivity index (χ0n) is 14.2. The molecule has 27 heavy (non-hydrogen) atoms. The number of nitrogens with two attached hydrogens (primary N) is 1. The number of nitrogens with zero attached hydrogens (tertiary/aromatic N) is 2. The highest BCUT2D eigenvalue weighted by molar-refractivity contribution is 5.91. The number of hydrogen-bond donors (Lipinski definition) is 1. The van der Waals surface area contributed by atoms with Crippen LogP contribution in [0.15, 0.2) is 18.3 Å². The van der Waals surface area contributed by atoms with E-state index in [9.17, 15) is 27.6 Å². The van der Waals surface area contributed by atoms with Crippen molar-refractivity contribution in [3.8, 4) is 5.88 Å². The number of ether oxygens (including phenoxy) is 2. The molecule has 11 heteroatoms. The number of esters is 1. The third kappa shape index (κ3) is 6.42. The molecule has 0 aliphatic carbocycles. The van der Waals surface area contributed by atoms with Gasteiger partial charge in [-0.2, -0.15) is 13.2 Å². The highest BCUT2D eigenvalue weighted by Crippen LogP contribution is 2.18. The van der Waals surface area contributed by atoms with Gasteiger partial charge in [-0.15, -0.1) is 0 Å². The lowest BCUT2D eigenvalue weighted by atomic mass is 9.96. The summed E-state index contributed by atoms with van der Waals surface area (Å²) < 4.78 is 45.5. The fraction of sp³-hybridized carbons (Fsp3) is 0.500. The molecule has 0 spiro atoms. The first-order chi connectivity index (χ1) is 12.7. The molecule has 0 aromatic carbocycles. The number of carbonyl (C=O) groups is 3. The van der Waals surface area contributed by atoms with Gasteiger partial charge in [-0.25, -0.2) is 9.78 Å². The monoisotopic (exact) mass is 389 g/mol. The van der Waals surface area contributed by atoms with E-state index >= 15 is 0 Å². The molecule has 1 saturated heterocycles. The van der Waals surface area contributed by atoms with Crippen LogP contribution in [0.4, 0.5) is 13.2 Å². The lowest BCUT2D eigenvalue weighted by molar-refractivity contribution is -0.154. The van der Waals surface area contributed by atoms with Gasteiger partial charge < -0.3 is 20.1 Å². The van der Waals surface area contributed by atoms with Crippen LogP contribution in [-0.4, -0.2) is 60.1 Å². The number of pyridine rings is 1. The van der Waals surface area contributed by atoms with E-state index in [1.165, 1.54) is 11.0 Å². The Bertz CT molecular complexity index is 686. The van der Waals surface area contributed by atoms with Crippen LogP contribution in [0.5, 0.6) is 5.88 Å². The molecule has 0 unspecified atom stereocenters. The van der Waals surface area contributed by atoms with Crippen LogP contribution in [0, 0.1) is 5.92 Å². The lowest BCUT2D eigenvalue weighted by Crippen LogP contribution is -2.43. The molecular weight excluding hydrogens is 371 g/mol. The molecule has 1 aliphatic rings. The average molecular weight is 389 g/mol. The summed E-state index contributed by atoms with van der Waals surface area (Å²) in [5.41, 5.74) is 5.19. The van der Waals surface area contributed by atoms with Gasteiger partial charge >= 0.3 is 12.1 Å². The third-order valence-corrected chi connectivity index (χ3v) is 3.93. The number of likely N-dealkylation sites (tertiary alicyclic amines) is 1. The maximum Gasteiger partial charge on any atom is 0.422 e. The van der Waals surface area contributed by atoms with Crippen molar-refractivity contribution < 1.29 is 37.0 Å². The molecule has 2 N–H and O–H groups in total. The first-order valence-corrected chi connectivity index (χ1v) is 8.05. The number of primary amides is 1. The molecule has 1 fully saturated rings. The number of alkyl halides is 3. The largest absolute Gasteiger partial charge is 0.468 e. The van der Waals surface area contributed by atoms with Crippen molar-refractivity contribution in [1.29, 1.82) is 0 Å². The first-order valence-electron chi connectivity index (χ1n) is 8.05. The molecule has 1 aromatic rings. The standard InChI is InChI=1S/C16H18F3N3O5/c17-16(18,19)9-27-12-2-1-11(7-21-12)15(25)26-8-13(23)22-5-3-10(4-6-22)14(20)24/h1-2,7,10H,3-6,8-9H2,(H2,20,24). The minimum Gasteiger partial charge on any atom is -0.468 e. The zero-order valence-corrected chi connectivity index (χ0v) is 14.2. The summed E-state index contributed by atoms with van der Waals surface area (Å²) in [6.45, 7) is -1.30. The summed E-state index contributed by atoms with van der Waals surface area (Å²) in [6, 6.07) is 2.28. The van der Waals surface area contributed by atoms with E-state index < -0.39 is 37.2 Å². The van der Waals surface area contributed by atoms with Crippen molar-refractivity contribution >= 4 is 17.8 Å². The molecule has 0 radical (unpaired) electrons. The Labute approximate surface area is 152 Å². The van der Waals surface area contributed by atoms with Crippen LogP contribution in [0.25, 0.3) is 0 Å². The second-order valence-corrected chi connectivity index (χ2v) is 5.92. The van der Waals surface area contributed by atoms with Gasteiger partial charge in [0.2, 0.25) is 11.8 Å². The summed E-state index contributed by atoms with van der Waals surface area (Å²) in [7, 11) is 0. The molecular formula is C16H18F3N3O5. The topological polar surface area (TPSA) is 112 Å². The highest BCUT2D eigenvalue weighted by Gasteiger charge is 2.29. The molecule has 2 amide bonds.